The molecule has 2 unspecified atom stereocenters. The molecule has 7 nitrogen and oxygen atoms in total. The molecular weight excluding hydrogens is 386 g/mol. The van der Waals surface area contributed by atoms with E-state index in [2.05, 4.69) is 20.8 Å². The highest BCUT2D eigenvalue weighted by Crippen LogP contribution is 2.29. The fourth-order valence-electron chi connectivity index (χ4n) is 2.73. The van der Waals surface area contributed by atoms with E-state index in [-0.39, 0.29) is 46.8 Å². The van der Waals surface area contributed by atoms with Crippen molar-refractivity contribution < 1.29 is 29.4 Å². The number of ketones is 2. The summed E-state index contributed by atoms with van der Waals surface area (Å²) in [5.74, 6) is -1.96. The molecule has 7 heteroatoms. The number of hydrogen-bond donors (Lipinski definition) is 3. The van der Waals surface area contributed by atoms with Crippen molar-refractivity contribution in [2.45, 2.75) is 89.0 Å². The number of aliphatic carboxylic acids is 1. The van der Waals surface area contributed by atoms with Gasteiger partial charge in [0.2, 0.25) is 5.91 Å². The van der Waals surface area contributed by atoms with E-state index in [9.17, 15) is 19.2 Å². The van der Waals surface area contributed by atoms with Gasteiger partial charge in [0, 0.05) is 18.8 Å². The minimum absolute atomic E-state index is 0.0290. The van der Waals surface area contributed by atoms with E-state index in [0.29, 0.717) is 6.42 Å². The summed E-state index contributed by atoms with van der Waals surface area (Å²) in [4.78, 5) is 42.6. The fourth-order valence-corrected chi connectivity index (χ4v) is 2.73. The Hall–Kier alpha value is -1.76. The van der Waals surface area contributed by atoms with Crippen LogP contribution >= 0.6 is 0 Å². The largest absolute Gasteiger partial charge is 0.481 e. The Morgan fingerprint density at radius 2 is 1.17 bits per heavy atom. The molecule has 0 aliphatic rings. The van der Waals surface area contributed by atoms with E-state index >= 15 is 0 Å². The molecule has 0 saturated carbocycles. The van der Waals surface area contributed by atoms with Crippen LogP contribution in [0.15, 0.2) is 0 Å². The molecule has 0 bridgehead atoms. The predicted octanol–water partition coefficient (Wildman–Crippen LogP) is 3.85. The molecule has 0 aliphatic carbocycles. The Morgan fingerprint density at radius 3 is 1.20 bits per heavy atom. The van der Waals surface area contributed by atoms with Gasteiger partial charge in [0.25, 0.3) is 0 Å². The molecule has 0 aromatic rings. The summed E-state index contributed by atoms with van der Waals surface area (Å²) in [5, 5.41) is 17.2. The number of carbonyl (C=O) groups is 4. The molecule has 2 atom stereocenters. The summed E-state index contributed by atoms with van der Waals surface area (Å²) in [6.07, 6.45) is 0.839. The molecule has 0 aromatic carbocycles. The average molecular weight is 432 g/mol. The first-order chi connectivity index (χ1) is 13.1. The van der Waals surface area contributed by atoms with Gasteiger partial charge < -0.3 is 20.7 Å². The fraction of sp³-hybridized carbons (Fsp3) is 0.826. The van der Waals surface area contributed by atoms with E-state index in [1.54, 1.807) is 27.7 Å². The number of amides is 1. The van der Waals surface area contributed by atoms with Gasteiger partial charge in [0.15, 0.2) is 0 Å². The highest BCUT2D eigenvalue weighted by Gasteiger charge is 2.30. The molecule has 30 heavy (non-hydrogen) atoms. The molecule has 0 aromatic heterocycles. The molecule has 0 aliphatic heterocycles. The number of Topliss-reactive ketones (excluding diaryl/α,β-unsaturated/α-hetero) is 2. The zero-order valence-electron chi connectivity index (χ0n) is 20.9. The SMILES string of the molecule is CC(=O)C(CC(N)=O)C(C)(C)C.CC(=O)CC(C)(C)C.CC(C)(C)C(CO)C(=O)O. The highest BCUT2D eigenvalue weighted by molar-refractivity contribution is 5.85. The van der Waals surface area contributed by atoms with Crippen molar-refractivity contribution in [3.63, 3.8) is 0 Å². The molecule has 4 N–H and O–H groups in total. The van der Waals surface area contributed by atoms with Gasteiger partial charge in [0.1, 0.15) is 11.6 Å². The maximum absolute atomic E-state index is 11.1. The van der Waals surface area contributed by atoms with E-state index in [4.69, 9.17) is 15.9 Å². The molecule has 178 valence electrons. The number of aliphatic hydroxyl groups is 1. The van der Waals surface area contributed by atoms with Crippen LogP contribution in [-0.4, -0.2) is 40.3 Å². The Balaban J connectivity index is -0.000000372. The second kappa shape index (κ2) is 13.5. The molecule has 0 saturated heterocycles. The number of hydrogen-bond acceptors (Lipinski definition) is 5. The molecule has 0 radical (unpaired) electrons. The van der Waals surface area contributed by atoms with Crippen molar-refractivity contribution in [2.24, 2.45) is 33.8 Å². The zero-order valence-corrected chi connectivity index (χ0v) is 20.9. The van der Waals surface area contributed by atoms with Gasteiger partial charge >= 0.3 is 5.97 Å². The van der Waals surface area contributed by atoms with Crippen LogP contribution < -0.4 is 5.73 Å². The van der Waals surface area contributed by atoms with Crippen LogP contribution in [0.4, 0.5) is 0 Å². The molecular formula is C23H45NO6. The molecule has 0 spiro atoms. The second-order valence-electron chi connectivity index (χ2n) is 11.1. The van der Waals surface area contributed by atoms with Gasteiger partial charge in [-0.1, -0.05) is 62.3 Å². The summed E-state index contributed by atoms with van der Waals surface area (Å²) in [7, 11) is 0. The van der Waals surface area contributed by atoms with Crippen molar-refractivity contribution in [3.8, 4) is 0 Å². The lowest BCUT2D eigenvalue weighted by atomic mass is 9.76. The summed E-state index contributed by atoms with van der Waals surface area (Å²) >= 11 is 0. The molecule has 0 rings (SSSR count). The predicted molar refractivity (Wildman–Crippen MR) is 120 cm³/mol. The monoisotopic (exact) mass is 431 g/mol. The average Bonchev–Trinajstić information content (AvgIpc) is 2.40. The third-order valence-electron chi connectivity index (χ3n) is 4.25. The zero-order chi connectivity index (χ0) is 25.1. The lowest BCUT2D eigenvalue weighted by Gasteiger charge is -2.27. The van der Waals surface area contributed by atoms with Crippen molar-refractivity contribution in [2.75, 3.05) is 6.61 Å². The van der Waals surface area contributed by atoms with Gasteiger partial charge in [-0.25, -0.2) is 0 Å². The lowest BCUT2D eigenvalue weighted by molar-refractivity contribution is -0.147. The quantitative estimate of drug-likeness (QED) is 0.584. The first kappa shape index (κ1) is 32.9. The third-order valence-corrected chi connectivity index (χ3v) is 4.25. The van der Waals surface area contributed by atoms with Crippen LogP contribution in [0.5, 0.6) is 0 Å². The topological polar surface area (TPSA) is 135 Å². The maximum Gasteiger partial charge on any atom is 0.309 e. The van der Waals surface area contributed by atoms with Crippen LogP contribution in [0.25, 0.3) is 0 Å². The normalized spacial score (nSPS) is 13.6. The highest BCUT2D eigenvalue weighted by atomic mass is 16.4. The number of aliphatic hydroxyl groups excluding tert-OH is 1. The number of nitrogens with two attached hydrogens (primary N) is 1. The van der Waals surface area contributed by atoms with Gasteiger partial charge in [0.05, 0.1) is 12.5 Å². The van der Waals surface area contributed by atoms with E-state index in [0.717, 1.165) is 0 Å². The van der Waals surface area contributed by atoms with Gasteiger partial charge in [-0.2, -0.15) is 0 Å². The van der Waals surface area contributed by atoms with Crippen LogP contribution in [0.1, 0.15) is 89.0 Å². The first-order valence-corrected chi connectivity index (χ1v) is 10.2. The second-order valence-corrected chi connectivity index (χ2v) is 11.1. The van der Waals surface area contributed by atoms with E-state index in [1.807, 2.05) is 20.8 Å². The Bertz CT molecular complexity index is 562. The van der Waals surface area contributed by atoms with Gasteiger partial charge in [-0.3, -0.25) is 14.4 Å². The number of carboxylic acids is 1. The standard InChI is InChI=1S/C9H17NO2.C7H14O3.C7H14O/c1-6(11)7(5-8(10)12)9(2,3)4;1-7(2,3)5(4-8)6(9)10;1-6(8)5-7(2,3)4/h7H,5H2,1-4H3,(H2,10,12);5,8H,4H2,1-3H3,(H,9,10);5H2,1-4H3. The first-order valence-electron chi connectivity index (χ1n) is 10.2. The van der Waals surface area contributed by atoms with Crippen molar-refractivity contribution in [1.29, 1.82) is 0 Å². The van der Waals surface area contributed by atoms with E-state index < -0.39 is 17.8 Å². The summed E-state index contributed by atoms with van der Waals surface area (Å²) in [5.41, 5.74) is 4.67. The molecule has 1 amide bonds. The smallest absolute Gasteiger partial charge is 0.309 e. The Labute approximate surface area is 182 Å². The third kappa shape index (κ3) is 19.6. The van der Waals surface area contributed by atoms with Crippen molar-refractivity contribution >= 4 is 23.4 Å². The lowest BCUT2D eigenvalue weighted by Crippen LogP contribution is -2.31. The number of primary amides is 1. The van der Waals surface area contributed by atoms with Gasteiger partial charge in [-0.15, -0.1) is 0 Å². The summed E-state index contributed by atoms with van der Waals surface area (Å²) in [6, 6.07) is 0. The summed E-state index contributed by atoms with van der Waals surface area (Å²) in [6.45, 7) is 20.2. The molecule has 0 fully saturated rings. The maximum atomic E-state index is 11.1. The number of carbonyl (C=O) groups excluding carboxylic acids is 3. The van der Waals surface area contributed by atoms with Crippen LogP contribution in [0.2, 0.25) is 0 Å². The molecule has 0 heterocycles. The van der Waals surface area contributed by atoms with Crippen LogP contribution in [0, 0.1) is 28.1 Å². The Kier molecular flexibility index (Phi) is 14.8. The minimum atomic E-state index is -0.935. The van der Waals surface area contributed by atoms with Crippen LogP contribution in [-0.2, 0) is 19.2 Å². The minimum Gasteiger partial charge on any atom is -0.481 e. The number of carboxylic acid groups (broad SMARTS) is 1. The number of rotatable bonds is 6. The van der Waals surface area contributed by atoms with Crippen molar-refractivity contribution in [1.82, 2.24) is 0 Å². The van der Waals surface area contributed by atoms with Crippen LogP contribution in [0.3, 0.4) is 0 Å². The van der Waals surface area contributed by atoms with Gasteiger partial charge in [-0.05, 0) is 30.1 Å². The Morgan fingerprint density at radius 1 is 0.800 bits per heavy atom. The van der Waals surface area contributed by atoms with Crippen molar-refractivity contribution in [3.05, 3.63) is 0 Å². The van der Waals surface area contributed by atoms with E-state index in [1.165, 1.54) is 6.92 Å². The summed E-state index contributed by atoms with van der Waals surface area (Å²) < 4.78 is 0.